The molecule has 0 amide bonds. The van der Waals surface area contributed by atoms with Crippen molar-refractivity contribution in [3.63, 3.8) is 0 Å². The molecule has 0 spiro atoms. The van der Waals surface area contributed by atoms with Crippen LogP contribution < -0.4 is 5.73 Å². The maximum atomic E-state index is 5.88. The van der Waals surface area contributed by atoms with Crippen LogP contribution in [-0.2, 0) is 0 Å². The van der Waals surface area contributed by atoms with E-state index >= 15 is 0 Å². The highest BCUT2D eigenvalue weighted by atomic mass is 35.5. The molecule has 0 unspecified atom stereocenters. The number of halogens is 1. The highest BCUT2D eigenvalue weighted by molar-refractivity contribution is 6.30. The molecule has 21 heavy (non-hydrogen) atoms. The largest absolute Gasteiger partial charge is 0.368 e. The molecule has 0 aliphatic carbocycles. The van der Waals surface area contributed by atoms with Crippen LogP contribution in [0, 0.1) is 0 Å². The van der Waals surface area contributed by atoms with E-state index in [-0.39, 0.29) is 0 Å². The Labute approximate surface area is 127 Å². The predicted molar refractivity (Wildman–Crippen MR) is 86.5 cm³/mol. The smallest absolute Gasteiger partial charge is 0.221 e. The second-order valence-corrected chi connectivity index (χ2v) is 4.93. The maximum Gasteiger partial charge on any atom is 0.221 e. The van der Waals surface area contributed by atoms with E-state index in [4.69, 9.17) is 17.3 Å². The molecule has 1 heterocycles. The predicted octanol–water partition coefficient (Wildman–Crippen LogP) is 3.67. The number of aromatic nitrogens is 2. The number of hydrogen-bond acceptors (Lipinski definition) is 3. The lowest BCUT2D eigenvalue weighted by Gasteiger charge is -1.95. The summed E-state index contributed by atoms with van der Waals surface area (Å²) in [5.41, 5.74) is 8.59. The van der Waals surface area contributed by atoms with Crippen molar-refractivity contribution in [1.82, 2.24) is 9.66 Å². The molecular weight excluding hydrogens is 284 g/mol. The summed E-state index contributed by atoms with van der Waals surface area (Å²) in [6.07, 6.45) is 3.53. The zero-order valence-electron chi connectivity index (χ0n) is 11.1. The Bertz CT molecular complexity index is 761. The van der Waals surface area contributed by atoms with Crippen molar-refractivity contribution in [3.05, 3.63) is 71.4 Å². The van der Waals surface area contributed by atoms with Crippen molar-refractivity contribution < 1.29 is 0 Å². The first kappa shape index (κ1) is 13.4. The van der Waals surface area contributed by atoms with Gasteiger partial charge in [-0.3, -0.25) is 0 Å². The molecule has 0 saturated heterocycles. The second-order valence-electron chi connectivity index (χ2n) is 4.49. The summed E-state index contributed by atoms with van der Waals surface area (Å²) >= 11 is 5.88. The second kappa shape index (κ2) is 5.81. The number of anilines is 1. The first-order valence-corrected chi connectivity index (χ1v) is 6.80. The molecule has 0 saturated carbocycles. The lowest BCUT2D eigenvalue weighted by molar-refractivity contribution is 0.898. The Morgan fingerprint density at radius 2 is 1.76 bits per heavy atom. The minimum atomic E-state index is 0.340. The van der Waals surface area contributed by atoms with Crippen molar-refractivity contribution in [2.24, 2.45) is 5.10 Å². The zero-order valence-corrected chi connectivity index (χ0v) is 11.9. The van der Waals surface area contributed by atoms with Gasteiger partial charge in [0, 0.05) is 10.6 Å². The molecule has 2 aromatic carbocycles. The van der Waals surface area contributed by atoms with Gasteiger partial charge in [-0.25, -0.2) is 9.66 Å². The van der Waals surface area contributed by atoms with Gasteiger partial charge in [-0.2, -0.15) is 5.10 Å². The quantitative estimate of drug-likeness (QED) is 0.750. The molecule has 0 aliphatic heterocycles. The highest BCUT2D eigenvalue weighted by Gasteiger charge is 2.06. The van der Waals surface area contributed by atoms with Gasteiger partial charge in [0.05, 0.1) is 18.1 Å². The Hall–Kier alpha value is -2.59. The van der Waals surface area contributed by atoms with Crippen molar-refractivity contribution >= 4 is 23.8 Å². The number of rotatable bonds is 3. The minimum Gasteiger partial charge on any atom is -0.368 e. The number of imidazole rings is 1. The first-order valence-electron chi connectivity index (χ1n) is 6.42. The van der Waals surface area contributed by atoms with Crippen LogP contribution in [0.25, 0.3) is 11.3 Å². The molecule has 1 aromatic heterocycles. The van der Waals surface area contributed by atoms with Gasteiger partial charge in [0.2, 0.25) is 5.95 Å². The van der Waals surface area contributed by atoms with Crippen LogP contribution in [0.4, 0.5) is 5.95 Å². The molecule has 4 nitrogen and oxygen atoms in total. The molecule has 3 aromatic rings. The van der Waals surface area contributed by atoms with E-state index in [1.807, 2.05) is 54.6 Å². The average Bonchev–Trinajstić information content (AvgIpc) is 2.88. The van der Waals surface area contributed by atoms with Gasteiger partial charge in [-0.05, 0) is 17.7 Å². The Morgan fingerprint density at radius 1 is 1.05 bits per heavy atom. The summed E-state index contributed by atoms with van der Waals surface area (Å²) in [5, 5.41) is 5.01. The van der Waals surface area contributed by atoms with Crippen molar-refractivity contribution in [2.45, 2.75) is 0 Å². The monoisotopic (exact) mass is 296 g/mol. The number of benzene rings is 2. The van der Waals surface area contributed by atoms with Gasteiger partial charge in [-0.15, -0.1) is 0 Å². The van der Waals surface area contributed by atoms with Crippen LogP contribution in [0.15, 0.2) is 65.9 Å². The number of nitrogens with two attached hydrogens (primary N) is 1. The van der Waals surface area contributed by atoms with Gasteiger partial charge in [0.15, 0.2) is 0 Å². The van der Waals surface area contributed by atoms with Crippen LogP contribution >= 0.6 is 11.6 Å². The molecule has 104 valence electrons. The lowest BCUT2D eigenvalue weighted by atomic mass is 10.2. The Balaban J connectivity index is 1.88. The molecule has 2 N–H and O–H groups in total. The van der Waals surface area contributed by atoms with E-state index in [1.165, 1.54) is 0 Å². The Kier molecular flexibility index (Phi) is 3.71. The summed E-state index contributed by atoms with van der Waals surface area (Å²) in [6.45, 7) is 0. The first-order chi connectivity index (χ1) is 10.2. The van der Waals surface area contributed by atoms with Crippen LogP contribution in [0.1, 0.15) is 5.56 Å². The van der Waals surface area contributed by atoms with Gasteiger partial charge in [0.25, 0.3) is 0 Å². The topological polar surface area (TPSA) is 56.2 Å². The summed E-state index contributed by atoms with van der Waals surface area (Å²) in [4.78, 5) is 4.31. The van der Waals surface area contributed by atoms with E-state index in [9.17, 15) is 0 Å². The van der Waals surface area contributed by atoms with Crippen LogP contribution in [0.2, 0.25) is 5.02 Å². The van der Waals surface area contributed by atoms with Gasteiger partial charge < -0.3 is 5.73 Å². The lowest BCUT2D eigenvalue weighted by Crippen LogP contribution is -1.96. The van der Waals surface area contributed by atoms with E-state index in [0.29, 0.717) is 11.0 Å². The fourth-order valence-corrected chi connectivity index (χ4v) is 2.03. The van der Waals surface area contributed by atoms with Crippen LogP contribution in [-0.4, -0.2) is 15.9 Å². The summed E-state index contributed by atoms with van der Waals surface area (Å²) in [7, 11) is 0. The van der Waals surface area contributed by atoms with Crippen LogP contribution in [0.5, 0.6) is 0 Å². The SMILES string of the molecule is Nc1nc(-c2ccc(Cl)cc2)cn1N=Cc1ccccc1. The molecule has 0 fully saturated rings. The maximum absolute atomic E-state index is 5.88. The third kappa shape index (κ3) is 3.12. The standard InChI is InChI=1S/C16H13ClN4/c17-14-8-6-13(7-9-14)15-11-21(16(18)20-15)19-10-12-4-2-1-3-5-12/h1-11H,(H2,18,20). The molecule has 0 radical (unpaired) electrons. The number of nitrogen functional groups attached to an aromatic ring is 1. The van der Waals surface area contributed by atoms with E-state index in [2.05, 4.69) is 10.1 Å². The number of nitrogens with zero attached hydrogens (tertiary/aromatic N) is 3. The molecular formula is C16H13ClN4. The third-order valence-corrected chi connectivity index (χ3v) is 3.24. The van der Waals surface area contributed by atoms with Gasteiger partial charge in [0.1, 0.15) is 0 Å². The molecule has 5 heteroatoms. The Morgan fingerprint density at radius 3 is 2.48 bits per heavy atom. The normalized spacial score (nSPS) is 11.1. The van der Waals surface area contributed by atoms with E-state index in [0.717, 1.165) is 16.8 Å². The molecule has 0 atom stereocenters. The minimum absolute atomic E-state index is 0.340. The fraction of sp³-hybridized carbons (Fsp3) is 0. The number of hydrogen-bond donors (Lipinski definition) is 1. The average molecular weight is 297 g/mol. The van der Waals surface area contributed by atoms with Crippen molar-refractivity contribution in [1.29, 1.82) is 0 Å². The van der Waals surface area contributed by atoms with Gasteiger partial charge >= 0.3 is 0 Å². The molecule has 0 aliphatic rings. The summed E-state index contributed by atoms with van der Waals surface area (Å²) in [6, 6.07) is 17.2. The summed E-state index contributed by atoms with van der Waals surface area (Å²) < 4.78 is 1.55. The highest BCUT2D eigenvalue weighted by Crippen LogP contribution is 2.21. The molecule has 3 rings (SSSR count). The van der Waals surface area contributed by atoms with E-state index in [1.54, 1.807) is 17.1 Å². The zero-order chi connectivity index (χ0) is 14.7. The van der Waals surface area contributed by atoms with Crippen LogP contribution in [0.3, 0.4) is 0 Å². The van der Waals surface area contributed by atoms with E-state index < -0.39 is 0 Å². The summed E-state index contributed by atoms with van der Waals surface area (Å²) in [5.74, 6) is 0.340. The van der Waals surface area contributed by atoms with Gasteiger partial charge in [-0.1, -0.05) is 54.1 Å². The molecule has 0 bridgehead atoms. The third-order valence-electron chi connectivity index (χ3n) is 2.99. The fourth-order valence-electron chi connectivity index (χ4n) is 1.91. The van der Waals surface area contributed by atoms with Crippen molar-refractivity contribution in [3.8, 4) is 11.3 Å². The van der Waals surface area contributed by atoms with Crippen molar-refractivity contribution in [2.75, 3.05) is 5.73 Å².